The summed E-state index contributed by atoms with van der Waals surface area (Å²) in [4.78, 5) is 0. The molecule has 0 aliphatic rings. The summed E-state index contributed by atoms with van der Waals surface area (Å²) in [5.74, 6) is 0. The number of benzene rings is 2. The maximum absolute atomic E-state index is 6.30. The van der Waals surface area contributed by atoms with Gasteiger partial charge in [0.25, 0.3) is 0 Å². The average molecular weight is 432 g/mol. The van der Waals surface area contributed by atoms with Gasteiger partial charge in [0.1, 0.15) is 0 Å². The second kappa shape index (κ2) is 7.77. The molecule has 0 heterocycles. The van der Waals surface area contributed by atoms with Gasteiger partial charge >= 0.3 is 0 Å². The maximum Gasteiger partial charge on any atom is 0.0438 e. The molecule has 0 saturated carbocycles. The fraction of sp³-hybridized carbons (Fsp3) is 0.294. The zero-order chi connectivity index (χ0) is 15.4. The molecule has 0 amide bonds. The van der Waals surface area contributed by atoms with Gasteiger partial charge < -0.3 is 5.32 Å². The van der Waals surface area contributed by atoms with Crippen LogP contribution in [0, 0.1) is 6.92 Å². The van der Waals surface area contributed by atoms with E-state index < -0.39 is 0 Å². The highest BCUT2D eigenvalue weighted by atomic mass is 79.9. The molecule has 0 fully saturated rings. The summed E-state index contributed by atoms with van der Waals surface area (Å²) >= 11 is 13.6. The summed E-state index contributed by atoms with van der Waals surface area (Å²) in [5.41, 5.74) is 3.63. The molecule has 2 aromatic rings. The monoisotopic (exact) mass is 429 g/mol. The summed E-state index contributed by atoms with van der Waals surface area (Å²) in [5, 5.41) is 4.37. The second-order valence-electron chi connectivity index (χ2n) is 5.03. The van der Waals surface area contributed by atoms with Gasteiger partial charge in [0, 0.05) is 20.0 Å². The van der Waals surface area contributed by atoms with Crippen LogP contribution in [0.1, 0.15) is 29.7 Å². The summed E-state index contributed by atoms with van der Waals surface area (Å²) in [7, 11) is 0. The van der Waals surface area contributed by atoms with E-state index in [0.29, 0.717) is 0 Å². The van der Waals surface area contributed by atoms with Crippen LogP contribution in [0.2, 0.25) is 5.02 Å². The predicted molar refractivity (Wildman–Crippen MR) is 98.2 cm³/mol. The van der Waals surface area contributed by atoms with E-state index in [9.17, 15) is 0 Å². The molecule has 112 valence electrons. The van der Waals surface area contributed by atoms with E-state index in [0.717, 1.165) is 32.5 Å². The minimum atomic E-state index is 0.223. The molecule has 1 unspecified atom stereocenters. The molecule has 0 aromatic heterocycles. The third kappa shape index (κ3) is 4.32. The molecule has 0 radical (unpaired) electrons. The van der Waals surface area contributed by atoms with Gasteiger partial charge in [0.15, 0.2) is 0 Å². The van der Waals surface area contributed by atoms with Crippen molar-refractivity contribution in [3.8, 4) is 0 Å². The fourth-order valence-electron chi connectivity index (χ4n) is 2.35. The lowest BCUT2D eigenvalue weighted by atomic mass is 9.98. The standard InChI is InChI=1S/C17H18Br2ClN/c1-3-21-17(9-12-6-4-5-7-16(12)20)13-10-14(18)11(2)8-15(13)19/h4-8,10,17,21H,3,9H2,1-2H3. The summed E-state index contributed by atoms with van der Waals surface area (Å²) in [6.45, 7) is 5.12. The van der Waals surface area contributed by atoms with Gasteiger partial charge in [-0.3, -0.25) is 0 Å². The van der Waals surface area contributed by atoms with E-state index in [4.69, 9.17) is 11.6 Å². The Morgan fingerprint density at radius 1 is 1.14 bits per heavy atom. The molecule has 0 aliphatic heterocycles. The summed E-state index contributed by atoms with van der Waals surface area (Å²) in [6, 6.07) is 12.6. The lowest BCUT2D eigenvalue weighted by Gasteiger charge is -2.21. The van der Waals surface area contributed by atoms with Gasteiger partial charge in [-0.25, -0.2) is 0 Å². The van der Waals surface area contributed by atoms with Crippen LogP contribution in [0.4, 0.5) is 0 Å². The predicted octanol–water partition coefficient (Wildman–Crippen LogP) is 6.07. The summed E-state index contributed by atoms with van der Waals surface area (Å²) in [6.07, 6.45) is 0.863. The Balaban J connectivity index is 2.35. The van der Waals surface area contributed by atoms with E-state index >= 15 is 0 Å². The van der Waals surface area contributed by atoms with E-state index in [1.54, 1.807) is 0 Å². The smallest absolute Gasteiger partial charge is 0.0438 e. The molecule has 0 spiro atoms. The Morgan fingerprint density at radius 3 is 2.52 bits per heavy atom. The molecule has 0 aliphatic carbocycles. The van der Waals surface area contributed by atoms with Crippen LogP contribution in [-0.4, -0.2) is 6.54 Å². The Bertz CT molecular complexity index is 628. The molecule has 1 N–H and O–H groups in total. The Hall–Kier alpha value is -0.350. The molecule has 2 aromatic carbocycles. The highest BCUT2D eigenvalue weighted by molar-refractivity contribution is 9.11. The SMILES string of the molecule is CCNC(Cc1ccccc1Cl)c1cc(Br)c(C)cc1Br. The summed E-state index contributed by atoms with van der Waals surface area (Å²) < 4.78 is 2.25. The van der Waals surface area contributed by atoms with Crippen LogP contribution < -0.4 is 5.32 Å². The molecule has 1 nitrogen and oxygen atoms in total. The van der Waals surface area contributed by atoms with Gasteiger partial charge in [0.05, 0.1) is 0 Å². The number of halogens is 3. The lowest BCUT2D eigenvalue weighted by molar-refractivity contribution is 0.547. The van der Waals surface area contributed by atoms with Crippen LogP contribution in [-0.2, 0) is 6.42 Å². The quantitative estimate of drug-likeness (QED) is 0.606. The Kier molecular flexibility index (Phi) is 6.30. The average Bonchev–Trinajstić information content (AvgIpc) is 2.45. The first kappa shape index (κ1) is 17.0. The number of hydrogen-bond acceptors (Lipinski definition) is 1. The third-order valence-corrected chi connectivity index (χ3v) is 5.40. The van der Waals surface area contributed by atoms with Crippen LogP contribution in [0.15, 0.2) is 45.3 Å². The minimum Gasteiger partial charge on any atom is -0.310 e. The van der Waals surface area contributed by atoms with Crippen LogP contribution in [0.5, 0.6) is 0 Å². The second-order valence-corrected chi connectivity index (χ2v) is 7.14. The number of likely N-dealkylation sites (N-methyl/N-ethyl adjacent to an activating group) is 1. The number of nitrogens with one attached hydrogen (secondary N) is 1. The van der Waals surface area contributed by atoms with Crippen molar-refractivity contribution in [3.05, 3.63) is 67.1 Å². The van der Waals surface area contributed by atoms with Crippen LogP contribution >= 0.6 is 43.5 Å². The van der Waals surface area contributed by atoms with Gasteiger partial charge in [-0.15, -0.1) is 0 Å². The first-order valence-electron chi connectivity index (χ1n) is 6.95. The minimum absolute atomic E-state index is 0.223. The highest BCUT2D eigenvalue weighted by Crippen LogP contribution is 2.32. The number of rotatable bonds is 5. The van der Waals surface area contributed by atoms with E-state index in [1.807, 2.05) is 18.2 Å². The first-order valence-corrected chi connectivity index (χ1v) is 8.91. The molecular weight excluding hydrogens is 413 g/mol. The van der Waals surface area contributed by atoms with Crippen molar-refractivity contribution >= 4 is 43.5 Å². The van der Waals surface area contributed by atoms with Gasteiger partial charge in [0.2, 0.25) is 0 Å². The van der Waals surface area contributed by atoms with Crippen molar-refractivity contribution < 1.29 is 0 Å². The Morgan fingerprint density at radius 2 is 1.86 bits per heavy atom. The molecule has 0 saturated heterocycles. The van der Waals surface area contributed by atoms with Gasteiger partial charge in [-0.1, -0.05) is 68.6 Å². The van der Waals surface area contributed by atoms with Crippen molar-refractivity contribution in [1.82, 2.24) is 5.32 Å². The maximum atomic E-state index is 6.30. The van der Waals surface area contributed by atoms with E-state index in [2.05, 4.69) is 69.2 Å². The highest BCUT2D eigenvalue weighted by Gasteiger charge is 2.17. The largest absolute Gasteiger partial charge is 0.310 e. The van der Waals surface area contributed by atoms with E-state index in [1.165, 1.54) is 11.1 Å². The normalized spacial score (nSPS) is 12.4. The topological polar surface area (TPSA) is 12.0 Å². The lowest BCUT2D eigenvalue weighted by Crippen LogP contribution is -2.23. The third-order valence-electron chi connectivity index (χ3n) is 3.49. The van der Waals surface area contributed by atoms with Gasteiger partial charge in [-0.05, 0) is 54.8 Å². The van der Waals surface area contributed by atoms with Gasteiger partial charge in [-0.2, -0.15) is 0 Å². The fourth-order valence-corrected chi connectivity index (χ4v) is 3.66. The van der Waals surface area contributed by atoms with E-state index in [-0.39, 0.29) is 6.04 Å². The van der Waals surface area contributed by atoms with Crippen molar-refractivity contribution in [2.45, 2.75) is 26.3 Å². The zero-order valence-electron chi connectivity index (χ0n) is 12.1. The van der Waals surface area contributed by atoms with Crippen LogP contribution in [0.3, 0.4) is 0 Å². The molecule has 4 heteroatoms. The van der Waals surface area contributed by atoms with Crippen molar-refractivity contribution in [3.63, 3.8) is 0 Å². The number of aryl methyl sites for hydroxylation is 1. The molecule has 21 heavy (non-hydrogen) atoms. The Labute approximate surface area is 148 Å². The molecular formula is C17H18Br2ClN. The van der Waals surface area contributed by atoms with Crippen molar-refractivity contribution in [1.29, 1.82) is 0 Å². The number of hydrogen-bond donors (Lipinski definition) is 1. The molecule has 0 bridgehead atoms. The van der Waals surface area contributed by atoms with Crippen LogP contribution in [0.25, 0.3) is 0 Å². The van der Waals surface area contributed by atoms with Crippen molar-refractivity contribution in [2.75, 3.05) is 6.54 Å². The molecule has 1 atom stereocenters. The first-order chi connectivity index (χ1) is 10.0. The molecule has 2 rings (SSSR count). The van der Waals surface area contributed by atoms with Crippen molar-refractivity contribution in [2.24, 2.45) is 0 Å². The zero-order valence-corrected chi connectivity index (χ0v) is 16.0.